The molecule has 0 spiro atoms. The molecule has 1 aromatic rings. The summed E-state index contributed by atoms with van der Waals surface area (Å²) < 4.78 is 26.7. The van der Waals surface area contributed by atoms with Gasteiger partial charge in [0.25, 0.3) is 0 Å². The maximum absolute atomic E-state index is 12.0. The van der Waals surface area contributed by atoms with E-state index in [9.17, 15) is 8.42 Å². The molecule has 0 radical (unpaired) electrons. The van der Waals surface area contributed by atoms with Crippen LogP contribution in [0.5, 0.6) is 0 Å². The Morgan fingerprint density at radius 1 is 1.21 bits per heavy atom. The Bertz CT molecular complexity index is 572. The number of aliphatic hydroxyl groups excluding tert-OH is 1. The Morgan fingerprint density at radius 2 is 1.79 bits per heavy atom. The first-order valence-corrected chi connectivity index (χ1v) is 7.47. The highest BCUT2D eigenvalue weighted by molar-refractivity contribution is 7.89. The van der Waals surface area contributed by atoms with Crippen LogP contribution < -0.4 is 4.72 Å². The molecule has 0 atom stereocenters. The Hall–Kier alpha value is -1.35. The average molecular weight is 281 g/mol. The first kappa shape index (κ1) is 15.7. The molecule has 104 valence electrons. The Morgan fingerprint density at radius 3 is 2.26 bits per heavy atom. The number of aliphatic hydroxyl groups is 1. The number of nitrogens with one attached hydrogen (secondary N) is 1. The van der Waals surface area contributed by atoms with Gasteiger partial charge in [0.15, 0.2) is 0 Å². The molecule has 0 bridgehead atoms. The summed E-state index contributed by atoms with van der Waals surface area (Å²) in [6.07, 6.45) is 0.408. The SMILES string of the molecule is CC(C)(C)NS(=O)(=O)c1ccc(C#CCCO)cc1. The fourth-order valence-corrected chi connectivity index (χ4v) is 2.82. The number of hydrogen-bond donors (Lipinski definition) is 2. The van der Waals surface area contributed by atoms with Crippen LogP contribution in [0.1, 0.15) is 32.8 Å². The number of hydrogen-bond acceptors (Lipinski definition) is 3. The zero-order valence-corrected chi connectivity index (χ0v) is 12.2. The molecule has 0 aliphatic rings. The fourth-order valence-electron chi connectivity index (χ4n) is 1.40. The van der Waals surface area contributed by atoms with Gasteiger partial charge >= 0.3 is 0 Å². The largest absolute Gasteiger partial charge is 0.395 e. The van der Waals surface area contributed by atoms with Crippen LogP contribution in [0.4, 0.5) is 0 Å². The van der Waals surface area contributed by atoms with E-state index < -0.39 is 15.6 Å². The van der Waals surface area contributed by atoms with Crippen molar-refractivity contribution < 1.29 is 13.5 Å². The predicted molar refractivity (Wildman–Crippen MR) is 75.1 cm³/mol. The zero-order chi connectivity index (χ0) is 14.5. The molecule has 0 amide bonds. The summed E-state index contributed by atoms with van der Waals surface area (Å²) in [7, 11) is -3.50. The lowest BCUT2D eigenvalue weighted by atomic mass is 10.1. The third kappa shape index (κ3) is 5.43. The molecule has 1 rings (SSSR count). The summed E-state index contributed by atoms with van der Waals surface area (Å²) in [6.45, 7) is 5.40. The molecule has 19 heavy (non-hydrogen) atoms. The summed E-state index contributed by atoms with van der Waals surface area (Å²) in [5.41, 5.74) is 0.210. The minimum Gasteiger partial charge on any atom is -0.395 e. The van der Waals surface area contributed by atoms with Crippen LogP contribution in [0.25, 0.3) is 0 Å². The van der Waals surface area contributed by atoms with Crippen molar-refractivity contribution in [3.63, 3.8) is 0 Å². The Labute approximate surface area is 114 Å². The zero-order valence-electron chi connectivity index (χ0n) is 11.4. The van der Waals surface area contributed by atoms with Crippen LogP contribution in [0.15, 0.2) is 29.2 Å². The van der Waals surface area contributed by atoms with Gasteiger partial charge in [-0.2, -0.15) is 0 Å². The van der Waals surface area contributed by atoms with Crippen LogP contribution in [-0.2, 0) is 10.0 Å². The quantitative estimate of drug-likeness (QED) is 0.825. The van der Waals surface area contributed by atoms with Crippen LogP contribution in [0.3, 0.4) is 0 Å². The highest BCUT2D eigenvalue weighted by Crippen LogP contribution is 2.13. The molecule has 2 N–H and O–H groups in total. The van der Waals surface area contributed by atoms with Gasteiger partial charge < -0.3 is 5.11 Å². The van der Waals surface area contributed by atoms with E-state index in [4.69, 9.17) is 5.11 Å². The van der Waals surface area contributed by atoms with Gasteiger partial charge in [-0.25, -0.2) is 13.1 Å². The van der Waals surface area contributed by atoms with Crippen LogP contribution in [0.2, 0.25) is 0 Å². The standard InChI is InChI=1S/C14H19NO3S/c1-14(2,3)15-19(17,18)13-9-7-12(8-10-13)6-4-5-11-16/h7-10,15-16H,5,11H2,1-3H3. The van der Waals surface area contributed by atoms with Gasteiger partial charge in [-0.1, -0.05) is 11.8 Å². The summed E-state index contributed by atoms with van der Waals surface area (Å²) in [4.78, 5) is 0.218. The summed E-state index contributed by atoms with van der Waals surface area (Å²) in [5, 5.41) is 8.61. The maximum atomic E-state index is 12.0. The molecule has 0 aliphatic heterocycles. The van der Waals surface area contributed by atoms with Gasteiger partial charge in [0.1, 0.15) is 0 Å². The van der Waals surface area contributed by atoms with E-state index in [0.717, 1.165) is 5.56 Å². The molecular formula is C14H19NO3S. The van der Waals surface area contributed by atoms with Crippen molar-refractivity contribution in [1.82, 2.24) is 4.72 Å². The molecular weight excluding hydrogens is 262 g/mol. The van der Waals surface area contributed by atoms with Gasteiger partial charge in [0, 0.05) is 17.5 Å². The van der Waals surface area contributed by atoms with Crippen molar-refractivity contribution >= 4 is 10.0 Å². The van der Waals surface area contributed by atoms with Crippen molar-refractivity contribution in [2.75, 3.05) is 6.61 Å². The lowest BCUT2D eigenvalue weighted by Crippen LogP contribution is -2.40. The molecule has 0 saturated carbocycles. The molecule has 0 saturated heterocycles. The minimum atomic E-state index is -3.50. The third-order valence-electron chi connectivity index (χ3n) is 2.07. The van der Waals surface area contributed by atoms with Crippen molar-refractivity contribution in [3.8, 4) is 11.8 Å². The minimum absolute atomic E-state index is 0.0228. The number of rotatable bonds is 3. The van der Waals surface area contributed by atoms with Gasteiger partial charge in [0.2, 0.25) is 10.0 Å². The normalized spacial score (nSPS) is 11.8. The lowest BCUT2D eigenvalue weighted by Gasteiger charge is -2.20. The molecule has 0 fully saturated rings. The topological polar surface area (TPSA) is 66.4 Å². The second-order valence-corrected chi connectivity index (χ2v) is 6.84. The predicted octanol–water partition coefficient (Wildman–Crippen LogP) is 1.50. The Balaban J connectivity index is 2.91. The van der Waals surface area contributed by atoms with Gasteiger partial charge in [-0.3, -0.25) is 0 Å². The fraction of sp³-hybridized carbons (Fsp3) is 0.429. The highest BCUT2D eigenvalue weighted by Gasteiger charge is 2.21. The smallest absolute Gasteiger partial charge is 0.241 e. The lowest BCUT2D eigenvalue weighted by molar-refractivity contribution is 0.305. The van der Waals surface area contributed by atoms with E-state index in [1.807, 2.05) is 0 Å². The van der Waals surface area contributed by atoms with Gasteiger partial charge in [-0.15, -0.1) is 0 Å². The monoisotopic (exact) mass is 281 g/mol. The molecule has 0 aliphatic carbocycles. The first-order chi connectivity index (χ1) is 8.74. The van der Waals surface area contributed by atoms with E-state index in [2.05, 4.69) is 16.6 Å². The maximum Gasteiger partial charge on any atom is 0.241 e. The van der Waals surface area contributed by atoms with Crippen LogP contribution in [-0.4, -0.2) is 25.7 Å². The van der Waals surface area contributed by atoms with Crippen LogP contribution in [0, 0.1) is 11.8 Å². The molecule has 1 aromatic carbocycles. The second-order valence-electron chi connectivity index (χ2n) is 5.16. The van der Waals surface area contributed by atoms with Crippen molar-refractivity contribution in [3.05, 3.63) is 29.8 Å². The van der Waals surface area contributed by atoms with E-state index in [-0.39, 0.29) is 11.5 Å². The molecule has 0 aromatic heterocycles. The highest BCUT2D eigenvalue weighted by atomic mass is 32.2. The summed E-state index contributed by atoms with van der Waals surface area (Å²) >= 11 is 0. The summed E-state index contributed by atoms with van der Waals surface area (Å²) in [5.74, 6) is 5.63. The van der Waals surface area contributed by atoms with Crippen LogP contribution >= 0.6 is 0 Å². The molecule has 5 heteroatoms. The van der Waals surface area contributed by atoms with Gasteiger partial charge in [-0.05, 0) is 45.0 Å². The van der Waals surface area contributed by atoms with Crippen molar-refractivity contribution in [2.24, 2.45) is 0 Å². The second kappa shape index (κ2) is 6.20. The molecule has 0 unspecified atom stereocenters. The number of benzene rings is 1. The number of sulfonamides is 1. The molecule has 0 heterocycles. The van der Waals surface area contributed by atoms with E-state index in [0.29, 0.717) is 6.42 Å². The van der Waals surface area contributed by atoms with E-state index in [1.54, 1.807) is 32.9 Å². The summed E-state index contributed by atoms with van der Waals surface area (Å²) in [6, 6.07) is 6.36. The van der Waals surface area contributed by atoms with Crippen molar-refractivity contribution in [1.29, 1.82) is 0 Å². The first-order valence-electron chi connectivity index (χ1n) is 5.98. The average Bonchev–Trinajstić information content (AvgIpc) is 2.27. The third-order valence-corrected chi connectivity index (χ3v) is 3.85. The van der Waals surface area contributed by atoms with Gasteiger partial charge in [0.05, 0.1) is 11.5 Å². The van der Waals surface area contributed by atoms with Crippen molar-refractivity contribution in [2.45, 2.75) is 37.6 Å². The van der Waals surface area contributed by atoms with E-state index >= 15 is 0 Å². The Kier molecular flexibility index (Phi) is 5.12. The molecule has 4 nitrogen and oxygen atoms in total. The van der Waals surface area contributed by atoms with E-state index in [1.165, 1.54) is 12.1 Å².